The fourth-order valence-electron chi connectivity index (χ4n) is 6.17. The molecule has 3 fully saturated rings. The van der Waals surface area contributed by atoms with E-state index in [2.05, 4.69) is 20.1 Å². The van der Waals surface area contributed by atoms with Crippen molar-refractivity contribution in [1.29, 1.82) is 0 Å². The molecule has 0 unspecified atom stereocenters. The topological polar surface area (TPSA) is 118 Å². The summed E-state index contributed by atoms with van der Waals surface area (Å²) in [6.07, 6.45) is -0.921. The molecule has 45 heavy (non-hydrogen) atoms. The Labute approximate surface area is 260 Å². The minimum Gasteiger partial charge on any atom is -0.443 e. The maximum atomic E-state index is 14.3. The molecule has 3 aliphatic rings. The van der Waals surface area contributed by atoms with Crippen LogP contribution in [0.3, 0.4) is 0 Å². The Bertz CT molecular complexity index is 1520. The number of imidazole rings is 1. The summed E-state index contributed by atoms with van der Waals surface area (Å²) in [5.41, 5.74) is 0.171. The van der Waals surface area contributed by atoms with E-state index >= 15 is 0 Å². The Morgan fingerprint density at radius 1 is 1.00 bits per heavy atom. The van der Waals surface area contributed by atoms with Gasteiger partial charge in [-0.15, -0.1) is 0 Å². The van der Waals surface area contributed by atoms with Crippen molar-refractivity contribution < 1.29 is 27.8 Å². The molecule has 6 rings (SSSR count). The number of para-hydroxylation sites is 2. The average molecular weight is 627 g/mol. The van der Waals surface area contributed by atoms with E-state index in [-0.39, 0.29) is 17.9 Å². The number of rotatable bonds is 6. The smallest absolute Gasteiger partial charge is 0.417 e. The van der Waals surface area contributed by atoms with Gasteiger partial charge >= 0.3 is 6.09 Å². The summed E-state index contributed by atoms with van der Waals surface area (Å²) < 4.78 is 41.1. The summed E-state index contributed by atoms with van der Waals surface area (Å²) >= 11 is 0. The normalized spacial score (nSPS) is 19.8. The highest BCUT2D eigenvalue weighted by Gasteiger charge is 2.39. The number of amides is 2. The van der Waals surface area contributed by atoms with E-state index < -0.39 is 30.0 Å². The van der Waals surface area contributed by atoms with Crippen molar-refractivity contribution in [2.75, 3.05) is 55.7 Å². The number of hydrogen-bond donors (Lipinski definition) is 1. The number of nitrogens with zero attached hydrogens (tertiary/aromatic N) is 7. The van der Waals surface area contributed by atoms with E-state index in [1.165, 1.54) is 9.47 Å². The molecule has 3 aromatic rings. The van der Waals surface area contributed by atoms with Crippen LogP contribution in [-0.2, 0) is 14.3 Å². The Kier molecular flexibility index (Phi) is 8.87. The molecule has 0 spiro atoms. The zero-order chi connectivity index (χ0) is 31.7. The molecule has 0 bridgehead atoms. The van der Waals surface area contributed by atoms with Crippen LogP contribution in [0.4, 0.5) is 25.2 Å². The second kappa shape index (κ2) is 12.8. The third kappa shape index (κ3) is 6.71. The lowest BCUT2D eigenvalue weighted by Gasteiger charge is -2.39. The summed E-state index contributed by atoms with van der Waals surface area (Å²) in [6, 6.07) is 8.05. The highest BCUT2D eigenvalue weighted by atomic mass is 19.3. The first kappa shape index (κ1) is 31.1. The van der Waals surface area contributed by atoms with Gasteiger partial charge in [0.05, 0.1) is 30.3 Å². The van der Waals surface area contributed by atoms with Crippen molar-refractivity contribution in [2.24, 2.45) is 0 Å². The summed E-state index contributed by atoms with van der Waals surface area (Å²) in [5, 5.41) is 3.21. The average Bonchev–Trinajstić information content (AvgIpc) is 3.70. The van der Waals surface area contributed by atoms with Gasteiger partial charge in [-0.2, -0.15) is 9.97 Å². The monoisotopic (exact) mass is 626 g/mol. The van der Waals surface area contributed by atoms with E-state index in [9.17, 15) is 18.4 Å². The molecule has 0 radical (unpaired) electrons. The van der Waals surface area contributed by atoms with Crippen LogP contribution in [0.5, 0.6) is 0 Å². The number of alkyl halides is 2. The molecule has 1 N–H and O–H groups in total. The highest BCUT2D eigenvalue weighted by molar-refractivity contribution is 5.95. The quantitative estimate of drug-likeness (QED) is 0.429. The van der Waals surface area contributed by atoms with Gasteiger partial charge in [-0.1, -0.05) is 12.1 Å². The van der Waals surface area contributed by atoms with E-state index in [1.54, 1.807) is 45.0 Å². The first-order chi connectivity index (χ1) is 21.6. The number of piperidine rings is 1. The molecule has 0 saturated carbocycles. The lowest BCUT2D eigenvalue weighted by molar-refractivity contribution is -0.134. The van der Waals surface area contributed by atoms with Gasteiger partial charge < -0.3 is 24.6 Å². The summed E-state index contributed by atoms with van der Waals surface area (Å²) in [6.45, 7) is 9.32. The van der Waals surface area contributed by atoms with E-state index in [0.717, 1.165) is 13.0 Å². The number of halogens is 2. The molecule has 14 heteroatoms. The number of nitrogens with one attached hydrogen (secondary N) is 1. The minimum absolute atomic E-state index is 0.109. The number of ether oxygens (including phenoxy) is 2. The van der Waals surface area contributed by atoms with Crippen LogP contribution in [0, 0.1) is 0 Å². The molecular weight excluding hydrogens is 586 g/mol. The number of imide groups is 1. The number of benzene rings is 1. The number of carbonyl (C=O) groups is 2. The van der Waals surface area contributed by atoms with Gasteiger partial charge in [0.15, 0.2) is 5.82 Å². The highest BCUT2D eigenvalue weighted by Crippen LogP contribution is 2.31. The van der Waals surface area contributed by atoms with Crippen LogP contribution >= 0.6 is 0 Å². The van der Waals surface area contributed by atoms with Crippen LogP contribution in [0.25, 0.3) is 17.0 Å². The Morgan fingerprint density at radius 3 is 2.29 bits per heavy atom. The lowest BCUT2D eigenvalue weighted by atomic mass is 10.0. The van der Waals surface area contributed by atoms with Gasteiger partial charge in [0.1, 0.15) is 17.2 Å². The van der Waals surface area contributed by atoms with Gasteiger partial charge in [-0.25, -0.2) is 23.5 Å². The number of aromatic nitrogens is 4. The lowest BCUT2D eigenvalue weighted by Crippen LogP contribution is -2.55. The Balaban J connectivity index is 1.31. The van der Waals surface area contributed by atoms with Crippen molar-refractivity contribution in [3.8, 4) is 5.95 Å². The van der Waals surface area contributed by atoms with E-state index in [4.69, 9.17) is 19.4 Å². The molecule has 3 aliphatic heterocycles. The number of fused-ring (bicyclic) bond motifs is 1. The summed E-state index contributed by atoms with van der Waals surface area (Å²) in [4.78, 5) is 46.1. The minimum atomic E-state index is -2.84. The third-order valence-electron chi connectivity index (χ3n) is 8.34. The standard InChI is InChI=1S/C31H40F2N8O4/c1-31(2,3)45-30(43)40(28(42)22-8-6-12-34-22)20-10-13-38(14-11-20)24-19-25(39-15-17-44-18-16-39)37-29(36-24)41-23-9-5-4-7-21(23)35-27(41)26(32)33/h4-5,7,9,19-20,22,26,34H,6,8,10-18H2,1-3H3/t22-/m1/s1. The molecule has 12 nitrogen and oxygen atoms in total. The number of hydrogen-bond acceptors (Lipinski definition) is 10. The van der Waals surface area contributed by atoms with Gasteiger partial charge in [0, 0.05) is 38.3 Å². The first-order valence-electron chi connectivity index (χ1n) is 15.6. The molecule has 242 valence electrons. The molecule has 2 amide bonds. The molecular formula is C31H40F2N8O4. The third-order valence-corrected chi connectivity index (χ3v) is 8.34. The van der Waals surface area contributed by atoms with Gasteiger partial charge in [-0.05, 0) is 65.1 Å². The van der Waals surface area contributed by atoms with Crippen LogP contribution in [0.2, 0.25) is 0 Å². The maximum absolute atomic E-state index is 14.3. The van der Waals surface area contributed by atoms with Crippen LogP contribution in [-0.4, -0.2) is 100 Å². The zero-order valence-corrected chi connectivity index (χ0v) is 25.9. The molecule has 5 heterocycles. The fourth-order valence-corrected chi connectivity index (χ4v) is 6.17. The fraction of sp³-hybridized carbons (Fsp3) is 0.581. The summed E-state index contributed by atoms with van der Waals surface area (Å²) in [7, 11) is 0. The van der Waals surface area contributed by atoms with Crippen molar-refractivity contribution in [1.82, 2.24) is 29.7 Å². The summed E-state index contributed by atoms with van der Waals surface area (Å²) in [5.74, 6) is 0.609. The van der Waals surface area contributed by atoms with E-state index in [0.29, 0.717) is 81.3 Å². The van der Waals surface area contributed by atoms with Crippen molar-refractivity contribution >= 4 is 34.7 Å². The number of morpholine rings is 1. The molecule has 1 atom stereocenters. The van der Waals surface area contributed by atoms with Crippen LogP contribution < -0.4 is 15.1 Å². The number of anilines is 2. The van der Waals surface area contributed by atoms with Crippen molar-refractivity contribution in [2.45, 2.75) is 70.6 Å². The predicted octanol–water partition coefficient (Wildman–Crippen LogP) is 4.07. The number of carbonyl (C=O) groups excluding carboxylic acids is 2. The molecule has 1 aromatic carbocycles. The molecule has 0 aliphatic carbocycles. The second-order valence-electron chi connectivity index (χ2n) is 12.6. The van der Waals surface area contributed by atoms with Gasteiger partial charge in [0.25, 0.3) is 6.43 Å². The van der Waals surface area contributed by atoms with Crippen molar-refractivity contribution in [3.63, 3.8) is 0 Å². The Morgan fingerprint density at radius 2 is 1.67 bits per heavy atom. The maximum Gasteiger partial charge on any atom is 0.417 e. The Hall–Kier alpha value is -3.91. The zero-order valence-electron chi connectivity index (χ0n) is 25.9. The second-order valence-corrected chi connectivity index (χ2v) is 12.6. The SMILES string of the molecule is CC(C)(C)OC(=O)N(C(=O)[C@H]1CCCN1)C1CCN(c2cc(N3CCOCC3)nc(-n3c(C(F)F)nc4ccccc43)n2)CC1. The molecule has 2 aromatic heterocycles. The van der Waals surface area contributed by atoms with Crippen LogP contribution in [0.1, 0.15) is 58.7 Å². The first-order valence-corrected chi connectivity index (χ1v) is 15.6. The van der Waals surface area contributed by atoms with Crippen molar-refractivity contribution in [3.05, 3.63) is 36.2 Å². The van der Waals surface area contributed by atoms with Gasteiger partial charge in [0.2, 0.25) is 11.9 Å². The van der Waals surface area contributed by atoms with E-state index in [1.807, 2.05) is 6.07 Å². The molecule has 3 saturated heterocycles. The van der Waals surface area contributed by atoms with Gasteiger partial charge in [-0.3, -0.25) is 9.36 Å². The van der Waals surface area contributed by atoms with Crippen LogP contribution in [0.15, 0.2) is 30.3 Å². The predicted molar refractivity (Wildman–Crippen MR) is 164 cm³/mol. The largest absolute Gasteiger partial charge is 0.443 e.